The number of halogens is 1. The number of likely N-dealkylation sites (tertiary alicyclic amines) is 1. The Morgan fingerprint density at radius 3 is 2.72 bits per heavy atom. The van der Waals surface area contributed by atoms with Crippen molar-refractivity contribution in [1.29, 1.82) is 0 Å². The van der Waals surface area contributed by atoms with Gasteiger partial charge in [0.1, 0.15) is 12.2 Å². The number of guanidine groups is 1. The summed E-state index contributed by atoms with van der Waals surface area (Å²) in [5.74, 6) is 2.60. The number of aromatic nitrogens is 3. The summed E-state index contributed by atoms with van der Waals surface area (Å²) in [5, 5.41) is 12.8. The standard InChI is InChI=1S/C21H32N6S.HI/c1-2-22-20(27-12-8-17(9-13-27)19-24-16-25-26-19)23-15-21(10-4-3-5-11-21)18-7-6-14-28-18;/h6-7,14,16-17H,2-5,8-13,15H2,1H3,(H,22,23)(H,24,25,26);1H. The molecule has 8 heteroatoms. The lowest BCUT2D eigenvalue weighted by Crippen LogP contribution is -2.46. The van der Waals surface area contributed by atoms with Crippen LogP contribution in [0.5, 0.6) is 0 Å². The molecule has 1 saturated carbocycles. The third-order valence-electron chi connectivity index (χ3n) is 6.34. The SMILES string of the molecule is CCNC(=NCC1(c2cccs2)CCCCC1)N1CCC(c2ncn[nH]2)CC1.I. The molecule has 3 heterocycles. The largest absolute Gasteiger partial charge is 0.357 e. The van der Waals surface area contributed by atoms with Crippen LogP contribution in [-0.2, 0) is 5.41 Å². The second-order valence-corrected chi connectivity index (χ2v) is 9.07. The third-order valence-corrected chi connectivity index (χ3v) is 7.45. The molecular formula is C21H33IN6S. The highest BCUT2D eigenvalue weighted by molar-refractivity contribution is 14.0. The zero-order chi connectivity index (χ0) is 19.2. The molecule has 0 atom stereocenters. The van der Waals surface area contributed by atoms with Crippen molar-refractivity contribution < 1.29 is 0 Å². The van der Waals surface area contributed by atoms with Gasteiger partial charge in [-0.1, -0.05) is 25.3 Å². The average Bonchev–Trinajstić information content (AvgIpc) is 3.47. The van der Waals surface area contributed by atoms with Crippen molar-refractivity contribution in [3.63, 3.8) is 0 Å². The van der Waals surface area contributed by atoms with Crippen LogP contribution in [0.1, 0.15) is 68.5 Å². The molecule has 2 aliphatic rings. The number of rotatable bonds is 5. The van der Waals surface area contributed by atoms with Crippen molar-refractivity contribution in [3.8, 4) is 0 Å². The Morgan fingerprint density at radius 2 is 2.10 bits per heavy atom. The number of aromatic amines is 1. The normalized spacial score (nSPS) is 20.3. The summed E-state index contributed by atoms with van der Waals surface area (Å²) in [5.41, 5.74) is 0.241. The van der Waals surface area contributed by atoms with Crippen LogP contribution in [0, 0.1) is 0 Å². The van der Waals surface area contributed by atoms with E-state index in [9.17, 15) is 0 Å². The minimum absolute atomic E-state index is 0. The quantitative estimate of drug-likeness (QED) is 0.340. The molecule has 1 aliphatic heterocycles. The van der Waals surface area contributed by atoms with E-state index >= 15 is 0 Å². The van der Waals surface area contributed by atoms with Gasteiger partial charge in [-0.25, -0.2) is 4.98 Å². The minimum atomic E-state index is 0. The van der Waals surface area contributed by atoms with Crippen molar-refractivity contribution in [2.75, 3.05) is 26.2 Å². The molecule has 6 nitrogen and oxygen atoms in total. The Labute approximate surface area is 195 Å². The van der Waals surface area contributed by atoms with Crippen molar-refractivity contribution in [2.45, 2.75) is 63.2 Å². The topological polar surface area (TPSA) is 69.2 Å². The summed E-state index contributed by atoms with van der Waals surface area (Å²) in [7, 11) is 0. The van der Waals surface area contributed by atoms with E-state index in [2.05, 4.69) is 49.8 Å². The first-order valence-electron chi connectivity index (χ1n) is 10.7. The number of H-pyrrole nitrogens is 1. The van der Waals surface area contributed by atoms with E-state index < -0.39 is 0 Å². The molecule has 0 radical (unpaired) electrons. The summed E-state index contributed by atoms with van der Waals surface area (Å²) >= 11 is 1.91. The van der Waals surface area contributed by atoms with Crippen LogP contribution in [0.2, 0.25) is 0 Å². The molecule has 29 heavy (non-hydrogen) atoms. The lowest BCUT2D eigenvalue weighted by molar-refractivity contribution is 0.288. The second-order valence-electron chi connectivity index (χ2n) is 8.12. The van der Waals surface area contributed by atoms with Crippen LogP contribution in [0.25, 0.3) is 0 Å². The lowest BCUT2D eigenvalue weighted by atomic mass is 9.73. The fourth-order valence-corrected chi connectivity index (χ4v) is 5.70. The summed E-state index contributed by atoms with van der Waals surface area (Å²) in [4.78, 5) is 13.5. The van der Waals surface area contributed by atoms with Gasteiger partial charge >= 0.3 is 0 Å². The molecule has 2 aromatic rings. The Kier molecular flexibility index (Phi) is 8.35. The maximum Gasteiger partial charge on any atom is 0.193 e. The first-order valence-corrected chi connectivity index (χ1v) is 11.6. The summed E-state index contributed by atoms with van der Waals surface area (Å²) in [6, 6.07) is 4.51. The monoisotopic (exact) mass is 528 g/mol. The van der Waals surface area contributed by atoms with Gasteiger partial charge in [0.05, 0.1) is 6.54 Å². The highest BCUT2D eigenvalue weighted by Gasteiger charge is 2.35. The van der Waals surface area contributed by atoms with Crippen LogP contribution in [0.4, 0.5) is 0 Å². The Bertz CT molecular complexity index is 731. The van der Waals surface area contributed by atoms with Crippen molar-refractivity contribution in [3.05, 3.63) is 34.5 Å². The third kappa shape index (κ3) is 5.31. The Balaban J connectivity index is 0.00000240. The summed E-state index contributed by atoms with van der Waals surface area (Å²) < 4.78 is 0. The van der Waals surface area contributed by atoms with Crippen molar-refractivity contribution >= 4 is 41.3 Å². The molecule has 0 bridgehead atoms. The fraction of sp³-hybridized carbons (Fsp3) is 0.667. The van der Waals surface area contributed by atoms with Gasteiger partial charge in [-0.2, -0.15) is 5.10 Å². The van der Waals surface area contributed by atoms with Crippen LogP contribution in [0.3, 0.4) is 0 Å². The van der Waals surface area contributed by atoms with E-state index in [0.29, 0.717) is 5.92 Å². The molecule has 1 saturated heterocycles. The predicted molar refractivity (Wildman–Crippen MR) is 130 cm³/mol. The van der Waals surface area contributed by atoms with Gasteiger partial charge in [0.2, 0.25) is 0 Å². The van der Waals surface area contributed by atoms with E-state index in [1.54, 1.807) is 6.33 Å². The molecule has 4 rings (SSSR count). The fourth-order valence-electron chi connectivity index (χ4n) is 4.72. The molecule has 0 aromatic carbocycles. The van der Waals surface area contributed by atoms with Gasteiger partial charge < -0.3 is 10.2 Å². The first-order chi connectivity index (χ1) is 13.8. The van der Waals surface area contributed by atoms with Crippen LogP contribution < -0.4 is 5.32 Å². The highest BCUT2D eigenvalue weighted by Crippen LogP contribution is 2.41. The van der Waals surface area contributed by atoms with Gasteiger partial charge in [0, 0.05) is 35.8 Å². The van der Waals surface area contributed by atoms with E-state index in [0.717, 1.165) is 50.8 Å². The molecular weight excluding hydrogens is 495 g/mol. The van der Waals surface area contributed by atoms with Crippen LogP contribution in [0.15, 0.2) is 28.8 Å². The average molecular weight is 529 g/mol. The molecule has 0 spiro atoms. The smallest absolute Gasteiger partial charge is 0.193 e. The van der Waals surface area contributed by atoms with Gasteiger partial charge in [-0.05, 0) is 44.1 Å². The lowest BCUT2D eigenvalue weighted by Gasteiger charge is -2.37. The molecule has 0 unspecified atom stereocenters. The highest BCUT2D eigenvalue weighted by atomic mass is 127. The van der Waals surface area contributed by atoms with Crippen LogP contribution in [-0.4, -0.2) is 52.2 Å². The van der Waals surface area contributed by atoms with Crippen LogP contribution >= 0.6 is 35.3 Å². The number of hydrogen-bond donors (Lipinski definition) is 2. The zero-order valence-corrected chi connectivity index (χ0v) is 20.4. The number of piperidine rings is 1. The van der Waals surface area contributed by atoms with Crippen molar-refractivity contribution in [2.24, 2.45) is 4.99 Å². The van der Waals surface area contributed by atoms with Gasteiger partial charge in [0.15, 0.2) is 5.96 Å². The van der Waals surface area contributed by atoms with E-state index in [1.807, 2.05) is 11.3 Å². The number of aliphatic imine (C=N–C) groups is 1. The molecule has 0 amide bonds. The number of nitrogens with zero attached hydrogens (tertiary/aromatic N) is 4. The number of nitrogens with one attached hydrogen (secondary N) is 2. The van der Waals surface area contributed by atoms with E-state index in [1.165, 1.54) is 37.0 Å². The minimum Gasteiger partial charge on any atom is -0.357 e. The van der Waals surface area contributed by atoms with Gasteiger partial charge in [-0.15, -0.1) is 35.3 Å². The maximum absolute atomic E-state index is 5.18. The number of thiophene rings is 1. The number of hydrogen-bond acceptors (Lipinski definition) is 4. The molecule has 2 fully saturated rings. The first kappa shape index (κ1) is 22.5. The zero-order valence-electron chi connectivity index (χ0n) is 17.3. The van der Waals surface area contributed by atoms with Gasteiger partial charge in [0.25, 0.3) is 0 Å². The molecule has 1 aliphatic carbocycles. The van der Waals surface area contributed by atoms with E-state index in [-0.39, 0.29) is 29.4 Å². The molecule has 2 aromatic heterocycles. The van der Waals surface area contributed by atoms with Gasteiger partial charge in [-0.3, -0.25) is 10.1 Å². The summed E-state index contributed by atoms with van der Waals surface area (Å²) in [6.07, 6.45) is 10.4. The maximum atomic E-state index is 5.18. The Morgan fingerprint density at radius 1 is 1.31 bits per heavy atom. The molecule has 160 valence electrons. The predicted octanol–water partition coefficient (Wildman–Crippen LogP) is 4.53. The summed E-state index contributed by atoms with van der Waals surface area (Å²) in [6.45, 7) is 6.00. The molecule has 2 N–H and O–H groups in total. The Hall–Kier alpha value is -1.16. The second kappa shape index (κ2) is 10.7. The van der Waals surface area contributed by atoms with E-state index in [4.69, 9.17) is 4.99 Å². The van der Waals surface area contributed by atoms with Crippen molar-refractivity contribution in [1.82, 2.24) is 25.4 Å².